The molecule has 3 rings (SSSR count). The Hall–Kier alpha value is -2.06. The number of anilines is 3. The van der Waals surface area contributed by atoms with E-state index < -0.39 is 0 Å². The molecule has 0 saturated carbocycles. The third kappa shape index (κ3) is 3.01. The minimum Gasteiger partial charge on any atom is -0.490 e. The SMILES string of the molecule is NNc1ncnc(Nc2ccc3c(c2)OCCCO3)c1Br. The van der Waals surface area contributed by atoms with E-state index in [-0.39, 0.29) is 0 Å². The van der Waals surface area contributed by atoms with Crippen molar-refractivity contribution in [3.8, 4) is 11.5 Å². The van der Waals surface area contributed by atoms with E-state index in [4.69, 9.17) is 15.3 Å². The van der Waals surface area contributed by atoms with E-state index in [1.807, 2.05) is 18.2 Å². The number of fused-ring (bicyclic) bond motifs is 1. The number of nitrogens with one attached hydrogen (secondary N) is 2. The monoisotopic (exact) mass is 351 g/mol. The van der Waals surface area contributed by atoms with Gasteiger partial charge in [0.15, 0.2) is 17.3 Å². The molecule has 2 heterocycles. The zero-order valence-electron chi connectivity index (χ0n) is 11.1. The quantitative estimate of drug-likeness (QED) is 0.577. The summed E-state index contributed by atoms with van der Waals surface area (Å²) >= 11 is 3.40. The lowest BCUT2D eigenvalue weighted by molar-refractivity contribution is 0.297. The largest absolute Gasteiger partial charge is 0.490 e. The number of nitrogens with two attached hydrogens (primary N) is 1. The van der Waals surface area contributed by atoms with Crippen molar-refractivity contribution < 1.29 is 9.47 Å². The fourth-order valence-electron chi connectivity index (χ4n) is 1.94. The average molecular weight is 352 g/mol. The Balaban J connectivity index is 1.87. The number of hydrogen-bond acceptors (Lipinski definition) is 7. The maximum absolute atomic E-state index is 5.66. The van der Waals surface area contributed by atoms with Crippen LogP contribution in [0.1, 0.15) is 6.42 Å². The lowest BCUT2D eigenvalue weighted by atomic mass is 10.2. The van der Waals surface area contributed by atoms with Crippen molar-refractivity contribution in [3.63, 3.8) is 0 Å². The van der Waals surface area contributed by atoms with Crippen LogP contribution in [-0.2, 0) is 0 Å². The van der Waals surface area contributed by atoms with Gasteiger partial charge in [-0.1, -0.05) is 0 Å². The van der Waals surface area contributed by atoms with Gasteiger partial charge in [0.25, 0.3) is 0 Å². The zero-order valence-corrected chi connectivity index (χ0v) is 12.7. The summed E-state index contributed by atoms with van der Waals surface area (Å²) in [5.41, 5.74) is 3.33. The summed E-state index contributed by atoms with van der Waals surface area (Å²) in [7, 11) is 0. The topological polar surface area (TPSA) is 94.3 Å². The van der Waals surface area contributed by atoms with E-state index in [1.165, 1.54) is 6.33 Å². The van der Waals surface area contributed by atoms with Gasteiger partial charge in [-0.05, 0) is 28.1 Å². The van der Waals surface area contributed by atoms with E-state index in [9.17, 15) is 0 Å². The molecule has 8 heteroatoms. The standard InChI is InChI=1S/C13H14BrN5O2/c14-11-12(16-7-17-13(11)19-15)18-8-2-3-9-10(6-8)21-5-1-4-20-9/h2-3,6-7H,1,4-5,15H2,(H2,16,17,18,19). The van der Waals surface area contributed by atoms with Crippen LogP contribution in [0.15, 0.2) is 29.0 Å². The van der Waals surface area contributed by atoms with E-state index in [0.29, 0.717) is 29.3 Å². The van der Waals surface area contributed by atoms with Crippen molar-refractivity contribution in [2.75, 3.05) is 24.0 Å². The first-order valence-electron chi connectivity index (χ1n) is 6.41. The van der Waals surface area contributed by atoms with Gasteiger partial charge in [0.05, 0.1) is 13.2 Å². The second-order valence-electron chi connectivity index (χ2n) is 4.37. The van der Waals surface area contributed by atoms with Crippen LogP contribution in [0.3, 0.4) is 0 Å². The lowest BCUT2D eigenvalue weighted by Crippen LogP contribution is -2.10. The molecule has 0 bridgehead atoms. The number of ether oxygens (including phenoxy) is 2. The lowest BCUT2D eigenvalue weighted by Gasteiger charge is -2.12. The number of rotatable bonds is 3. The molecule has 0 fully saturated rings. The second kappa shape index (κ2) is 6.15. The third-order valence-corrected chi connectivity index (χ3v) is 3.69. The molecule has 4 N–H and O–H groups in total. The molecule has 0 radical (unpaired) electrons. The van der Waals surface area contributed by atoms with Crippen molar-refractivity contribution in [2.45, 2.75) is 6.42 Å². The smallest absolute Gasteiger partial charge is 0.163 e. The molecule has 1 aliphatic rings. The van der Waals surface area contributed by atoms with Gasteiger partial charge in [0.1, 0.15) is 16.6 Å². The van der Waals surface area contributed by atoms with Crippen LogP contribution in [0.5, 0.6) is 11.5 Å². The summed E-state index contributed by atoms with van der Waals surface area (Å²) in [6, 6.07) is 5.66. The van der Waals surface area contributed by atoms with Gasteiger partial charge in [-0.15, -0.1) is 0 Å². The van der Waals surface area contributed by atoms with Gasteiger partial charge in [-0.25, -0.2) is 15.8 Å². The van der Waals surface area contributed by atoms with Crippen molar-refractivity contribution in [1.82, 2.24) is 9.97 Å². The van der Waals surface area contributed by atoms with Gasteiger partial charge in [-0.2, -0.15) is 0 Å². The molecule has 0 amide bonds. The average Bonchev–Trinajstić information content (AvgIpc) is 2.74. The summed E-state index contributed by atoms with van der Waals surface area (Å²) in [4.78, 5) is 8.18. The van der Waals surface area contributed by atoms with Crippen LogP contribution in [-0.4, -0.2) is 23.2 Å². The van der Waals surface area contributed by atoms with E-state index in [0.717, 1.165) is 23.6 Å². The van der Waals surface area contributed by atoms with Crippen molar-refractivity contribution in [3.05, 3.63) is 29.0 Å². The molecule has 2 aromatic rings. The predicted molar refractivity (Wildman–Crippen MR) is 82.9 cm³/mol. The van der Waals surface area contributed by atoms with Crippen LogP contribution in [0.4, 0.5) is 17.3 Å². The number of nitrogen functional groups attached to an aromatic ring is 1. The predicted octanol–water partition coefficient (Wildman–Crippen LogP) is 2.43. The normalized spacial score (nSPS) is 13.4. The Morgan fingerprint density at radius 2 is 1.86 bits per heavy atom. The molecule has 0 spiro atoms. The molecule has 0 aliphatic carbocycles. The van der Waals surface area contributed by atoms with Gasteiger partial charge in [0, 0.05) is 18.2 Å². The fourth-order valence-corrected chi connectivity index (χ4v) is 2.35. The van der Waals surface area contributed by atoms with Gasteiger partial charge < -0.3 is 20.2 Å². The first-order valence-corrected chi connectivity index (χ1v) is 7.21. The van der Waals surface area contributed by atoms with E-state index in [2.05, 4.69) is 36.6 Å². The van der Waals surface area contributed by atoms with Crippen LogP contribution >= 0.6 is 15.9 Å². The second-order valence-corrected chi connectivity index (χ2v) is 5.16. The first kappa shape index (κ1) is 13.9. The molecule has 0 saturated heterocycles. The summed E-state index contributed by atoms with van der Waals surface area (Å²) in [6.45, 7) is 1.32. The highest BCUT2D eigenvalue weighted by Gasteiger charge is 2.12. The number of halogens is 1. The van der Waals surface area contributed by atoms with Crippen LogP contribution in [0.2, 0.25) is 0 Å². The molecular formula is C13H14BrN5O2. The summed E-state index contributed by atoms with van der Waals surface area (Å²) in [5.74, 6) is 7.97. The Kier molecular flexibility index (Phi) is 4.07. The van der Waals surface area contributed by atoms with Gasteiger partial charge in [0.2, 0.25) is 0 Å². The highest BCUT2D eigenvalue weighted by molar-refractivity contribution is 9.10. The Morgan fingerprint density at radius 3 is 2.67 bits per heavy atom. The summed E-state index contributed by atoms with van der Waals surface area (Å²) in [5, 5.41) is 3.19. The van der Waals surface area contributed by atoms with Crippen molar-refractivity contribution >= 4 is 33.3 Å². The Labute approximate surface area is 130 Å². The van der Waals surface area contributed by atoms with E-state index >= 15 is 0 Å². The molecule has 7 nitrogen and oxygen atoms in total. The molecule has 0 atom stereocenters. The third-order valence-electron chi connectivity index (χ3n) is 2.94. The van der Waals surface area contributed by atoms with Crippen LogP contribution in [0, 0.1) is 0 Å². The number of aromatic nitrogens is 2. The minimum atomic E-state index is 0.502. The Bertz CT molecular complexity index is 652. The zero-order chi connectivity index (χ0) is 14.7. The Morgan fingerprint density at radius 1 is 1.10 bits per heavy atom. The summed E-state index contributed by atoms with van der Waals surface area (Å²) in [6.07, 6.45) is 2.30. The number of hydrazine groups is 1. The highest BCUT2D eigenvalue weighted by Crippen LogP contribution is 2.34. The highest BCUT2D eigenvalue weighted by atomic mass is 79.9. The maximum Gasteiger partial charge on any atom is 0.163 e. The number of benzene rings is 1. The fraction of sp³-hybridized carbons (Fsp3) is 0.231. The molecule has 1 aromatic carbocycles. The van der Waals surface area contributed by atoms with E-state index in [1.54, 1.807) is 0 Å². The molecule has 21 heavy (non-hydrogen) atoms. The van der Waals surface area contributed by atoms with Crippen LogP contribution in [0.25, 0.3) is 0 Å². The van der Waals surface area contributed by atoms with Crippen molar-refractivity contribution in [2.24, 2.45) is 5.84 Å². The molecule has 1 aliphatic heterocycles. The molecule has 0 unspecified atom stereocenters. The van der Waals surface area contributed by atoms with Crippen LogP contribution < -0.4 is 26.1 Å². The van der Waals surface area contributed by atoms with Gasteiger partial charge in [-0.3, -0.25) is 0 Å². The molecule has 110 valence electrons. The van der Waals surface area contributed by atoms with Crippen molar-refractivity contribution in [1.29, 1.82) is 0 Å². The molecule has 1 aromatic heterocycles. The first-order chi connectivity index (χ1) is 10.3. The minimum absolute atomic E-state index is 0.502. The number of hydrogen-bond donors (Lipinski definition) is 3. The number of nitrogens with zero attached hydrogens (tertiary/aromatic N) is 2. The summed E-state index contributed by atoms with van der Waals surface area (Å²) < 4.78 is 11.9. The maximum atomic E-state index is 5.66. The molecular weight excluding hydrogens is 338 g/mol. The van der Waals surface area contributed by atoms with Gasteiger partial charge >= 0.3 is 0 Å².